The number of esters is 2. The number of aromatic nitrogens is 8. The van der Waals surface area contributed by atoms with Gasteiger partial charge < -0.3 is 19.4 Å². The summed E-state index contributed by atoms with van der Waals surface area (Å²) in [6.45, 7) is 9.80. The molecule has 2 N–H and O–H groups in total. The summed E-state index contributed by atoms with van der Waals surface area (Å²) >= 11 is 2.94. The fraction of sp³-hybridized carbons (Fsp3) is 0.415. The maximum atomic E-state index is 13.5. The molecule has 2 unspecified atom stereocenters. The van der Waals surface area contributed by atoms with Gasteiger partial charge in [-0.25, -0.2) is 29.9 Å². The predicted molar refractivity (Wildman–Crippen MR) is 226 cm³/mol. The highest BCUT2D eigenvalue weighted by Gasteiger charge is 2.28. The van der Waals surface area contributed by atoms with Crippen molar-refractivity contribution in [1.82, 2.24) is 59.5 Å². The van der Waals surface area contributed by atoms with E-state index in [4.69, 9.17) is 9.47 Å². The average Bonchev–Trinajstić information content (AvgIpc) is 3.95. The first-order valence-corrected chi connectivity index (χ1v) is 21.9. The minimum atomic E-state index is -0.617. The molecule has 0 saturated carbocycles. The number of aromatic amines is 2. The molecule has 4 aromatic heterocycles. The first-order chi connectivity index (χ1) is 29.0. The zero-order chi connectivity index (χ0) is 40.2. The minimum Gasteiger partial charge on any atom is -0.460 e. The van der Waals surface area contributed by atoms with Crippen LogP contribution >= 0.6 is 23.5 Å². The molecule has 0 spiro atoms. The van der Waals surface area contributed by atoms with Crippen molar-refractivity contribution in [1.29, 1.82) is 0 Å². The van der Waals surface area contributed by atoms with Crippen LogP contribution in [0.25, 0.3) is 22.3 Å². The van der Waals surface area contributed by atoms with Crippen LogP contribution in [0, 0.1) is 0 Å². The van der Waals surface area contributed by atoms with Crippen LogP contribution in [0.3, 0.4) is 0 Å². The standard InChI is InChI=1S/C41H48N12O4S2/c54-34(56-32(24-58-40-36-38(44-26-42-36)46-28-48-40)22-52-15-11-50(12-16-52)20-30-7-3-1-4-8-30)19-35(55)57-33(25-59-41-37-39(45-27-43-37)47-29-49-41)23-53-17-13-51(14-18-53)21-31-9-5-2-6-10-31/h1-10,26-29,32-33H,11-25H2,(H,42,44,46,48)(H,43,45,47,49). The quantitative estimate of drug-likeness (QED) is 0.0554. The highest BCUT2D eigenvalue weighted by atomic mass is 32.2. The Labute approximate surface area is 350 Å². The first-order valence-electron chi connectivity index (χ1n) is 19.9. The van der Waals surface area contributed by atoms with E-state index in [1.807, 2.05) is 12.1 Å². The van der Waals surface area contributed by atoms with Crippen LogP contribution in [-0.4, -0.2) is 161 Å². The van der Waals surface area contributed by atoms with Crippen LogP contribution in [0.4, 0.5) is 0 Å². The monoisotopic (exact) mass is 836 g/mol. The maximum absolute atomic E-state index is 13.5. The number of rotatable bonds is 18. The number of H-pyrrole nitrogens is 2. The van der Waals surface area contributed by atoms with Gasteiger partial charge in [-0.3, -0.25) is 29.2 Å². The third-order valence-electron chi connectivity index (χ3n) is 10.4. The lowest BCUT2D eigenvalue weighted by Gasteiger charge is -2.36. The SMILES string of the molecule is O=C(CC(=O)OC(CSc1ncnc2nc[nH]c12)CN1CCN(Cc2ccccc2)CC1)OC(CSc1ncnc2nc[nH]c12)CN1CCN(Cc2ccccc2)CC1. The van der Waals surface area contributed by atoms with E-state index < -0.39 is 30.6 Å². The summed E-state index contributed by atoms with van der Waals surface area (Å²) in [5, 5.41) is 1.44. The Morgan fingerprint density at radius 2 is 0.966 bits per heavy atom. The molecular formula is C41H48N12O4S2. The molecule has 16 nitrogen and oxygen atoms in total. The molecule has 59 heavy (non-hydrogen) atoms. The van der Waals surface area contributed by atoms with Crippen molar-refractivity contribution in [2.24, 2.45) is 0 Å². The van der Waals surface area contributed by atoms with Gasteiger partial charge in [0, 0.05) is 90.0 Å². The summed E-state index contributed by atoms with van der Waals surface area (Å²) < 4.78 is 12.2. The molecule has 6 aromatic rings. The minimum absolute atomic E-state index is 0.437. The third kappa shape index (κ3) is 11.6. The molecule has 0 bridgehead atoms. The maximum Gasteiger partial charge on any atom is 0.317 e. The van der Waals surface area contributed by atoms with Gasteiger partial charge in [0.05, 0.1) is 12.7 Å². The zero-order valence-electron chi connectivity index (χ0n) is 32.8. The van der Waals surface area contributed by atoms with Gasteiger partial charge in [-0.1, -0.05) is 60.7 Å². The second kappa shape index (κ2) is 20.3. The van der Waals surface area contributed by atoms with Crippen LogP contribution in [0.1, 0.15) is 17.5 Å². The van der Waals surface area contributed by atoms with E-state index >= 15 is 0 Å². The largest absolute Gasteiger partial charge is 0.460 e. The second-order valence-electron chi connectivity index (χ2n) is 14.7. The van der Waals surface area contributed by atoms with Crippen molar-refractivity contribution in [3.63, 3.8) is 0 Å². The normalized spacial score (nSPS) is 16.9. The van der Waals surface area contributed by atoms with Gasteiger partial charge in [-0.2, -0.15) is 0 Å². The highest BCUT2D eigenvalue weighted by molar-refractivity contribution is 7.99. The number of ether oxygens (including phenoxy) is 2. The number of carbonyl (C=O) groups is 2. The van der Waals surface area contributed by atoms with Gasteiger partial charge >= 0.3 is 11.9 Å². The number of nitrogens with one attached hydrogen (secondary N) is 2. The molecule has 0 aliphatic carbocycles. The Kier molecular flexibility index (Phi) is 14.0. The van der Waals surface area contributed by atoms with E-state index in [2.05, 4.69) is 108 Å². The van der Waals surface area contributed by atoms with Gasteiger partial charge in [0.1, 0.15) is 52.4 Å². The lowest BCUT2D eigenvalue weighted by molar-refractivity contribution is -0.160. The van der Waals surface area contributed by atoms with Crippen LogP contribution < -0.4 is 0 Å². The van der Waals surface area contributed by atoms with Crippen molar-refractivity contribution in [3.8, 4) is 0 Å². The first kappa shape index (κ1) is 40.8. The number of nitrogens with zero attached hydrogens (tertiary/aromatic N) is 10. The van der Waals surface area contributed by atoms with E-state index in [-0.39, 0.29) is 0 Å². The molecule has 308 valence electrons. The fourth-order valence-corrected chi connectivity index (χ4v) is 9.26. The van der Waals surface area contributed by atoms with Crippen LogP contribution in [0.5, 0.6) is 0 Å². The summed E-state index contributed by atoms with van der Waals surface area (Å²) in [5.74, 6) is -0.360. The van der Waals surface area contributed by atoms with E-state index in [9.17, 15) is 9.59 Å². The molecule has 2 aromatic carbocycles. The summed E-state index contributed by atoms with van der Waals surface area (Å²) in [7, 11) is 0. The molecule has 2 saturated heterocycles. The molecule has 2 aliphatic heterocycles. The summed E-state index contributed by atoms with van der Waals surface area (Å²) in [6, 6.07) is 21.0. The van der Waals surface area contributed by atoms with Gasteiger partial charge in [-0.05, 0) is 11.1 Å². The molecule has 18 heteroatoms. The van der Waals surface area contributed by atoms with Gasteiger partial charge in [0.25, 0.3) is 0 Å². The molecular weight excluding hydrogens is 789 g/mol. The number of hydrogen-bond donors (Lipinski definition) is 2. The van der Waals surface area contributed by atoms with Crippen molar-refractivity contribution < 1.29 is 19.1 Å². The van der Waals surface area contributed by atoms with Crippen molar-refractivity contribution in [2.45, 2.75) is 41.8 Å². The fourth-order valence-electron chi connectivity index (χ4n) is 7.39. The Morgan fingerprint density at radius 1 is 0.559 bits per heavy atom. The Bertz CT molecular complexity index is 2090. The molecule has 2 fully saturated rings. The van der Waals surface area contributed by atoms with Crippen molar-refractivity contribution >= 4 is 57.8 Å². The number of thioether (sulfide) groups is 2. The van der Waals surface area contributed by atoms with Crippen molar-refractivity contribution in [3.05, 3.63) is 97.1 Å². The summed E-state index contributed by atoms with van der Waals surface area (Å²) in [6.07, 6.45) is 4.65. The molecule has 0 radical (unpaired) electrons. The number of carbonyl (C=O) groups excluding carboxylic acids is 2. The molecule has 8 rings (SSSR count). The van der Waals surface area contributed by atoms with Gasteiger partial charge in [-0.15, -0.1) is 23.5 Å². The molecule has 2 atom stereocenters. The number of piperazine rings is 2. The van der Waals surface area contributed by atoms with E-state index in [1.54, 1.807) is 12.7 Å². The topological polar surface area (TPSA) is 174 Å². The van der Waals surface area contributed by atoms with Crippen LogP contribution in [0.15, 0.2) is 96.0 Å². The highest BCUT2D eigenvalue weighted by Crippen LogP contribution is 2.26. The number of benzene rings is 2. The van der Waals surface area contributed by atoms with Crippen LogP contribution in [0.2, 0.25) is 0 Å². The van der Waals surface area contributed by atoms with Gasteiger partial charge in [0.15, 0.2) is 11.3 Å². The van der Waals surface area contributed by atoms with Crippen molar-refractivity contribution in [2.75, 3.05) is 77.0 Å². The average molecular weight is 837 g/mol. The molecule has 6 heterocycles. The van der Waals surface area contributed by atoms with E-state index in [1.165, 1.54) is 47.3 Å². The lowest BCUT2D eigenvalue weighted by atomic mass is 10.2. The number of fused-ring (bicyclic) bond motifs is 2. The van der Waals surface area contributed by atoms with Crippen LogP contribution in [-0.2, 0) is 32.2 Å². The van der Waals surface area contributed by atoms with Gasteiger partial charge in [0.2, 0.25) is 0 Å². The summed E-state index contributed by atoms with van der Waals surface area (Å²) in [5.41, 5.74) is 5.19. The Hall–Kier alpha value is -4.98. The lowest BCUT2D eigenvalue weighted by Crippen LogP contribution is -2.49. The van der Waals surface area contributed by atoms with E-state index in [0.29, 0.717) is 35.9 Å². The Balaban J connectivity index is 0.884. The Morgan fingerprint density at radius 3 is 1.39 bits per heavy atom. The number of hydrogen-bond acceptors (Lipinski definition) is 16. The van der Waals surface area contributed by atoms with E-state index in [0.717, 1.165) is 86.5 Å². The smallest absolute Gasteiger partial charge is 0.317 e. The third-order valence-corrected chi connectivity index (χ3v) is 12.7. The second-order valence-corrected chi connectivity index (χ2v) is 16.7. The molecule has 0 amide bonds. The predicted octanol–water partition coefficient (Wildman–Crippen LogP) is 3.75. The summed E-state index contributed by atoms with van der Waals surface area (Å²) in [4.78, 5) is 68.7. The zero-order valence-corrected chi connectivity index (χ0v) is 34.4. The number of imidazole rings is 2. The molecule has 2 aliphatic rings.